The normalized spacial score (nSPS) is 10.9. The highest BCUT2D eigenvalue weighted by molar-refractivity contribution is 7.99. The molecule has 2 aromatic carbocycles. The second-order valence-corrected chi connectivity index (χ2v) is 8.94. The van der Waals surface area contributed by atoms with E-state index in [1.54, 1.807) is 0 Å². The Hall–Kier alpha value is -3.04. The Balaban J connectivity index is 1.55. The number of aromatic nitrogens is 5. The highest BCUT2D eigenvalue weighted by Crippen LogP contribution is 2.28. The SMILES string of the molecule is CCCc1nnc(NC(=O)CSc2nnc(-c3ccccc3)n2-c2cccc(C)c2)s1. The molecule has 0 saturated carbocycles. The van der Waals surface area contributed by atoms with E-state index >= 15 is 0 Å². The minimum absolute atomic E-state index is 0.149. The van der Waals surface area contributed by atoms with Gasteiger partial charge in [-0.3, -0.25) is 14.7 Å². The predicted octanol–water partition coefficient (Wildman–Crippen LogP) is 4.78. The molecule has 0 radical (unpaired) electrons. The number of carbonyl (C=O) groups is 1. The third-order valence-electron chi connectivity index (χ3n) is 4.43. The molecule has 4 aromatic rings. The minimum atomic E-state index is -0.149. The number of rotatable bonds is 8. The quantitative estimate of drug-likeness (QED) is 0.389. The number of thioether (sulfide) groups is 1. The van der Waals surface area contributed by atoms with Crippen molar-refractivity contribution in [2.75, 3.05) is 11.1 Å². The predicted molar refractivity (Wildman–Crippen MR) is 125 cm³/mol. The van der Waals surface area contributed by atoms with Crippen LogP contribution in [0.3, 0.4) is 0 Å². The average molecular weight is 451 g/mol. The summed E-state index contributed by atoms with van der Waals surface area (Å²) >= 11 is 2.76. The maximum Gasteiger partial charge on any atom is 0.236 e. The summed E-state index contributed by atoms with van der Waals surface area (Å²) in [6, 6.07) is 18.1. The summed E-state index contributed by atoms with van der Waals surface area (Å²) in [6.45, 7) is 4.13. The van der Waals surface area contributed by atoms with Gasteiger partial charge in [0.15, 0.2) is 11.0 Å². The van der Waals surface area contributed by atoms with E-state index in [1.807, 2.05) is 60.0 Å². The standard InChI is InChI=1S/C22H22N6OS2/c1-3-8-19-24-26-21(31-19)23-18(29)14-30-22-27-25-20(16-10-5-4-6-11-16)28(22)17-12-7-9-15(2)13-17/h4-7,9-13H,3,8,14H2,1-2H3,(H,23,26,29). The third-order valence-corrected chi connectivity index (χ3v) is 6.26. The molecule has 0 bridgehead atoms. The number of nitrogens with zero attached hydrogens (tertiary/aromatic N) is 5. The molecule has 0 saturated heterocycles. The minimum Gasteiger partial charge on any atom is -0.300 e. The lowest BCUT2D eigenvalue weighted by molar-refractivity contribution is -0.113. The maximum atomic E-state index is 12.5. The molecule has 0 aliphatic rings. The Labute approximate surface area is 189 Å². The number of nitrogens with one attached hydrogen (secondary N) is 1. The number of benzene rings is 2. The summed E-state index contributed by atoms with van der Waals surface area (Å²) < 4.78 is 1.99. The van der Waals surface area contributed by atoms with Crippen LogP contribution in [0, 0.1) is 6.92 Å². The molecule has 0 aliphatic carbocycles. The highest BCUT2D eigenvalue weighted by Gasteiger charge is 2.18. The summed E-state index contributed by atoms with van der Waals surface area (Å²) in [6.07, 6.45) is 1.86. The van der Waals surface area contributed by atoms with Crippen LogP contribution in [0.15, 0.2) is 59.8 Å². The van der Waals surface area contributed by atoms with Crippen molar-refractivity contribution in [2.24, 2.45) is 0 Å². The fraction of sp³-hybridized carbons (Fsp3) is 0.227. The van der Waals surface area contributed by atoms with Crippen LogP contribution in [-0.4, -0.2) is 36.6 Å². The summed E-state index contributed by atoms with van der Waals surface area (Å²) in [5.41, 5.74) is 3.06. The number of carbonyl (C=O) groups excluding carboxylic acids is 1. The molecule has 0 unspecified atom stereocenters. The molecule has 0 atom stereocenters. The van der Waals surface area contributed by atoms with Gasteiger partial charge in [-0.25, -0.2) is 0 Å². The molecule has 0 aliphatic heterocycles. The number of amides is 1. The molecule has 4 rings (SSSR count). The van der Waals surface area contributed by atoms with E-state index in [0.29, 0.717) is 10.3 Å². The average Bonchev–Trinajstić information content (AvgIpc) is 3.40. The van der Waals surface area contributed by atoms with Crippen LogP contribution in [0.25, 0.3) is 17.1 Å². The van der Waals surface area contributed by atoms with Gasteiger partial charge in [0.2, 0.25) is 11.0 Å². The molecule has 0 fully saturated rings. The van der Waals surface area contributed by atoms with Crippen molar-refractivity contribution in [2.45, 2.75) is 31.8 Å². The van der Waals surface area contributed by atoms with Crippen LogP contribution >= 0.6 is 23.1 Å². The molecular weight excluding hydrogens is 428 g/mol. The zero-order valence-corrected chi connectivity index (χ0v) is 18.9. The van der Waals surface area contributed by atoms with Gasteiger partial charge in [0.1, 0.15) is 5.01 Å². The first-order valence-electron chi connectivity index (χ1n) is 9.97. The van der Waals surface area contributed by atoms with Crippen LogP contribution in [0.1, 0.15) is 23.9 Å². The van der Waals surface area contributed by atoms with Crippen LogP contribution in [0.4, 0.5) is 5.13 Å². The van der Waals surface area contributed by atoms with Crippen molar-refractivity contribution < 1.29 is 4.79 Å². The largest absolute Gasteiger partial charge is 0.300 e. The van der Waals surface area contributed by atoms with Gasteiger partial charge in [-0.15, -0.1) is 20.4 Å². The Kier molecular flexibility index (Phi) is 6.73. The second-order valence-electron chi connectivity index (χ2n) is 6.93. The monoisotopic (exact) mass is 450 g/mol. The van der Waals surface area contributed by atoms with Crippen LogP contribution in [0.2, 0.25) is 0 Å². The van der Waals surface area contributed by atoms with E-state index in [1.165, 1.54) is 23.1 Å². The molecule has 9 heteroatoms. The summed E-state index contributed by atoms with van der Waals surface area (Å²) in [5, 5.41) is 21.9. The molecule has 2 aromatic heterocycles. The van der Waals surface area contributed by atoms with Crippen molar-refractivity contribution in [1.29, 1.82) is 0 Å². The smallest absolute Gasteiger partial charge is 0.236 e. The van der Waals surface area contributed by atoms with E-state index in [0.717, 1.165) is 40.5 Å². The number of hydrogen-bond acceptors (Lipinski definition) is 7. The molecule has 2 heterocycles. The van der Waals surface area contributed by atoms with Crippen molar-refractivity contribution in [3.05, 3.63) is 65.2 Å². The van der Waals surface area contributed by atoms with Crippen molar-refractivity contribution in [3.63, 3.8) is 0 Å². The fourth-order valence-corrected chi connectivity index (χ4v) is 4.65. The fourth-order valence-electron chi connectivity index (χ4n) is 3.04. The van der Waals surface area contributed by atoms with Gasteiger partial charge >= 0.3 is 0 Å². The Morgan fingerprint density at radius 2 is 1.90 bits per heavy atom. The van der Waals surface area contributed by atoms with Gasteiger partial charge in [0.05, 0.1) is 5.75 Å². The number of anilines is 1. The molecule has 1 amide bonds. The molecule has 1 N–H and O–H groups in total. The number of aryl methyl sites for hydroxylation is 2. The Morgan fingerprint density at radius 1 is 1.06 bits per heavy atom. The van der Waals surface area contributed by atoms with Gasteiger partial charge in [-0.1, -0.05) is 72.5 Å². The lowest BCUT2D eigenvalue weighted by Gasteiger charge is -2.11. The van der Waals surface area contributed by atoms with Crippen molar-refractivity contribution in [3.8, 4) is 17.1 Å². The van der Waals surface area contributed by atoms with E-state index in [4.69, 9.17) is 0 Å². The van der Waals surface area contributed by atoms with Crippen LogP contribution in [0.5, 0.6) is 0 Å². The lowest BCUT2D eigenvalue weighted by Crippen LogP contribution is -2.14. The topological polar surface area (TPSA) is 85.6 Å². The first kappa shape index (κ1) is 21.2. The zero-order chi connectivity index (χ0) is 21.6. The lowest BCUT2D eigenvalue weighted by atomic mass is 10.2. The zero-order valence-electron chi connectivity index (χ0n) is 17.3. The van der Waals surface area contributed by atoms with Crippen LogP contribution < -0.4 is 5.32 Å². The van der Waals surface area contributed by atoms with Crippen molar-refractivity contribution >= 4 is 34.1 Å². The summed E-state index contributed by atoms with van der Waals surface area (Å²) in [5.74, 6) is 0.785. The highest BCUT2D eigenvalue weighted by atomic mass is 32.2. The molecule has 31 heavy (non-hydrogen) atoms. The maximum absolute atomic E-state index is 12.5. The molecule has 158 valence electrons. The number of hydrogen-bond donors (Lipinski definition) is 1. The van der Waals surface area contributed by atoms with Gasteiger partial charge in [0, 0.05) is 17.7 Å². The van der Waals surface area contributed by atoms with Gasteiger partial charge in [0.25, 0.3) is 0 Å². The third kappa shape index (κ3) is 5.18. The second kappa shape index (κ2) is 9.84. The first-order valence-corrected chi connectivity index (χ1v) is 11.8. The van der Waals surface area contributed by atoms with E-state index in [9.17, 15) is 4.79 Å². The van der Waals surface area contributed by atoms with E-state index < -0.39 is 0 Å². The Morgan fingerprint density at radius 3 is 2.68 bits per heavy atom. The Bertz CT molecular complexity index is 1170. The first-order chi connectivity index (χ1) is 15.1. The molecule has 0 spiro atoms. The van der Waals surface area contributed by atoms with Crippen molar-refractivity contribution in [1.82, 2.24) is 25.0 Å². The molecular formula is C22H22N6OS2. The van der Waals surface area contributed by atoms with Gasteiger partial charge in [-0.05, 0) is 31.0 Å². The summed E-state index contributed by atoms with van der Waals surface area (Å²) in [4.78, 5) is 12.5. The molecule has 7 nitrogen and oxygen atoms in total. The van der Waals surface area contributed by atoms with E-state index in [2.05, 4.69) is 38.7 Å². The van der Waals surface area contributed by atoms with E-state index in [-0.39, 0.29) is 11.7 Å². The van der Waals surface area contributed by atoms with Gasteiger partial charge < -0.3 is 0 Å². The summed E-state index contributed by atoms with van der Waals surface area (Å²) in [7, 11) is 0. The van der Waals surface area contributed by atoms with Gasteiger partial charge in [-0.2, -0.15) is 0 Å². The van der Waals surface area contributed by atoms with Crippen LogP contribution in [-0.2, 0) is 11.2 Å².